The summed E-state index contributed by atoms with van der Waals surface area (Å²) in [5.74, 6) is 0.943. The maximum atomic E-state index is 11.5. The first kappa shape index (κ1) is 10.5. The number of amides is 1. The Morgan fingerprint density at radius 2 is 2.31 bits per heavy atom. The molecule has 76 valence electrons. The molecule has 1 rings (SSSR count). The van der Waals surface area contributed by atoms with E-state index in [2.05, 4.69) is 5.32 Å². The van der Waals surface area contributed by atoms with Gasteiger partial charge in [-0.3, -0.25) is 4.79 Å². The van der Waals surface area contributed by atoms with E-state index in [9.17, 15) is 4.79 Å². The van der Waals surface area contributed by atoms with Crippen LogP contribution in [0.25, 0.3) is 0 Å². The quantitative estimate of drug-likeness (QED) is 0.666. The van der Waals surface area contributed by atoms with E-state index in [0.29, 0.717) is 13.1 Å². The van der Waals surface area contributed by atoms with Crippen LogP contribution < -0.4 is 11.1 Å². The zero-order valence-corrected chi connectivity index (χ0v) is 8.38. The molecule has 13 heavy (non-hydrogen) atoms. The van der Waals surface area contributed by atoms with Crippen LogP contribution in [0.4, 0.5) is 0 Å². The molecule has 1 atom stereocenters. The van der Waals surface area contributed by atoms with Gasteiger partial charge in [0.1, 0.15) is 0 Å². The first-order valence-electron chi connectivity index (χ1n) is 5.25. The molecule has 1 aliphatic rings. The van der Waals surface area contributed by atoms with Crippen LogP contribution >= 0.6 is 0 Å². The second kappa shape index (κ2) is 5.22. The summed E-state index contributed by atoms with van der Waals surface area (Å²) in [4.78, 5) is 11.5. The van der Waals surface area contributed by atoms with Gasteiger partial charge in [0.2, 0.25) is 5.91 Å². The minimum absolute atomic E-state index is 0.0465. The summed E-state index contributed by atoms with van der Waals surface area (Å²) in [7, 11) is 0. The number of hydrogen-bond acceptors (Lipinski definition) is 2. The van der Waals surface area contributed by atoms with Gasteiger partial charge in [0.15, 0.2) is 0 Å². The van der Waals surface area contributed by atoms with Crippen molar-refractivity contribution in [3.05, 3.63) is 0 Å². The Bertz CT molecular complexity index is 166. The SMILES string of the molecule is CCNC(=O)C(CN)CC1CCC1. The number of nitrogens with one attached hydrogen (secondary N) is 1. The lowest BCUT2D eigenvalue weighted by Gasteiger charge is -2.28. The molecule has 0 aromatic heterocycles. The van der Waals surface area contributed by atoms with Gasteiger partial charge in [-0.1, -0.05) is 19.3 Å². The molecule has 0 spiro atoms. The van der Waals surface area contributed by atoms with Gasteiger partial charge in [-0.2, -0.15) is 0 Å². The van der Waals surface area contributed by atoms with E-state index < -0.39 is 0 Å². The van der Waals surface area contributed by atoms with Crippen LogP contribution in [0.5, 0.6) is 0 Å². The molecule has 0 aromatic rings. The van der Waals surface area contributed by atoms with Crippen LogP contribution in [-0.2, 0) is 4.79 Å². The van der Waals surface area contributed by atoms with E-state index in [4.69, 9.17) is 5.73 Å². The molecule has 1 aliphatic carbocycles. The zero-order chi connectivity index (χ0) is 9.68. The first-order valence-corrected chi connectivity index (χ1v) is 5.25. The predicted molar refractivity (Wildman–Crippen MR) is 53.2 cm³/mol. The Kier molecular flexibility index (Phi) is 4.22. The summed E-state index contributed by atoms with van der Waals surface area (Å²) in [6.07, 6.45) is 4.89. The molecule has 0 saturated heterocycles. The Morgan fingerprint density at radius 3 is 2.69 bits per heavy atom. The lowest BCUT2D eigenvalue weighted by atomic mass is 9.79. The van der Waals surface area contributed by atoms with Crippen molar-refractivity contribution in [2.75, 3.05) is 13.1 Å². The largest absolute Gasteiger partial charge is 0.356 e. The minimum Gasteiger partial charge on any atom is -0.356 e. The molecule has 0 aliphatic heterocycles. The van der Waals surface area contributed by atoms with Crippen molar-refractivity contribution < 1.29 is 4.79 Å². The Labute approximate surface area is 80.1 Å². The topological polar surface area (TPSA) is 55.1 Å². The molecule has 1 saturated carbocycles. The highest BCUT2D eigenvalue weighted by Crippen LogP contribution is 2.31. The van der Waals surface area contributed by atoms with Gasteiger partial charge in [0.25, 0.3) is 0 Å². The molecule has 1 unspecified atom stereocenters. The summed E-state index contributed by atoms with van der Waals surface area (Å²) in [6, 6.07) is 0. The fourth-order valence-electron chi connectivity index (χ4n) is 1.76. The average Bonchev–Trinajstić information content (AvgIpc) is 2.03. The van der Waals surface area contributed by atoms with Crippen molar-refractivity contribution in [3.63, 3.8) is 0 Å². The molecule has 0 heterocycles. The lowest BCUT2D eigenvalue weighted by Crippen LogP contribution is -2.36. The van der Waals surface area contributed by atoms with Crippen molar-refractivity contribution in [1.29, 1.82) is 0 Å². The van der Waals surface area contributed by atoms with Crippen LogP contribution in [0, 0.1) is 11.8 Å². The van der Waals surface area contributed by atoms with Crippen molar-refractivity contribution in [2.24, 2.45) is 17.6 Å². The second-order valence-corrected chi connectivity index (χ2v) is 3.86. The fourth-order valence-corrected chi connectivity index (χ4v) is 1.76. The van der Waals surface area contributed by atoms with Crippen LogP contribution in [0.3, 0.4) is 0 Å². The number of hydrogen-bond donors (Lipinski definition) is 2. The van der Waals surface area contributed by atoms with Gasteiger partial charge in [0.05, 0.1) is 5.92 Å². The van der Waals surface area contributed by atoms with Gasteiger partial charge in [-0.15, -0.1) is 0 Å². The number of nitrogens with two attached hydrogens (primary N) is 1. The fraction of sp³-hybridized carbons (Fsp3) is 0.900. The van der Waals surface area contributed by atoms with Crippen LogP contribution in [0.1, 0.15) is 32.6 Å². The second-order valence-electron chi connectivity index (χ2n) is 3.86. The number of carbonyl (C=O) groups excluding carboxylic acids is 1. The van der Waals surface area contributed by atoms with Crippen molar-refractivity contribution in [1.82, 2.24) is 5.32 Å². The lowest BCUT2D eigenvalue weighted by molar-refractivity contribution is -0.125. The summed E-state index contributed by atoms with van der Waals surface area (Å²) in [6.45, 7) is 3.14. The average molecular weight is 184 g/mol. The monoisotopic (exact) mass is 184 g/mol. The maximum absolute atomic E-state index is 11.5. The minimum atomic E-state index is 0.0465. The highest BCUT2D eigenvalue weighted by molar-refractivity contribution is 5.78. The third-order valence-electron chi connectivity index (χ3n) is 2.85. The van der Waals surface area contributed by atoms with E-state index in [1.54, 1.807) is 0 Å². The van der Waals surface area contributed by atoms with E-state index in [1.165, 1.54) is 19.3 Å². The third-order valence-corrected chi connectivity index (χ3v) is 2.85. The Morgan fingerprint density at radius 1 is 1.62 bits per heavy atom. The predicted octanol–water partition coefficient (Wildman–Crippen LogP) is 0.888. The Balaban J connectivity index is 2.27. The van der Waals surface area contributed by atoms with Crippen LogP contribution in [0.2, 0.25) is 0 Å². The molecule has 0 aromatic carbocycles. The molecule has 3 nitrogen and oxygen atoms in total. The highest BCUT2D eigenvalue weighted by Gasteiger charge is 2.25. The highest BCUT2D eigenvalue weighted by atomic mass is 16.1. The third kappa shape index (κ3) is 2.99. The molecule has 1 fully saturated rings. The summed E-state index contributed by atoms with van der Waals surface area (Å²) < 4.78 is 0. The molecular weight excluding hydrogens is 164 g/mol. The molecule has 1 amide bonds. The van der Waals surface area contributed by atoms with E-state index in [1.807, 2.05) is 6.92 Å². The molecule has 3 heteroatoms. The molecular formula is C10H20N2O. The number of carbonyl (C=O) groups is 1. The molecule has 0 bridgehead atoms. The van der Waals surface area contributed by atoms with E-state index in [0.717, 1.165) is 12.3 Å². The van der Waals surface area contributed by atoms with Gasteiger partial charge in [0, 0.05) is 13.1 Å². The number of rotatable bonds is 5. The van der Waals surface area contributed by atoms with E-state index in [-0.39, 0.29) is 11.8 Å². The van der Waals surface area contributed by atoms with Gasteiger partial charge in [-0.05, 0) is 19.3 Å². The van der Waals surface area contributed by atoms with E-state index >= 15 is 0 Å². The molecule has 0 radical (unpaired) electrons. The van der Waals surface area contributed by atoms with Crippen molar-refractivity contribution >= 4 is 5.91 Å². The molecule has 3 N–H and O–H groups in total. The standard InChI is InChI=1S/C10H20N2O/c1-2-12-10(13)9(7-11)6-8-4-3-5-8/h8-9H,2-7,11H2,1H3,(H,12,13). The van der Waals surface area contributed by atoms with Crippen LogP contribution in [0.15, 0.2) is 0 Å². The summed E-state index contributed by atoms with van der Waals surface area (Å²) >= 11 is 0. The first-order chi connectivity index (χ1) is 6.27. The Hall–Kier alpha value is -0.570. The normalized spacial score (nSPS) is 19.2. The smallest absolute Gasteiger partial charge is 0.224 e. The maximum Gasteiger partial charge on any atom is 0.224 e. The zero-order valence-electron chi connectivity index (χ0n) is 8.38. The van der Waals surface area contributed by atoms with Crippen molar-refractivity contribution in [2.45, 2.75) is 32.6 Å². The van der Waals surface area contributed by atoms with Crippen LogP contribution in [-0.4, -0.2) is 19.0 Å². The van der Waals surface area contributed by atoms with Gasteiger partial charge >= 0.3 is 0 Å². The van der Waals surface area contributed by atoms with Crippen molar-refractivity contribution in [3.8, 4) is 0 Å². The summed E-state index contributed by atoms with van der Waals surface area (Å²) in [5, 5.41) is 2.83. The summed E-state index contributed by atoms with van der Waals surface area (Å²) in [5.41, 5.74) is 5.57. The van der Waals surface area contributed by atoms with Gasteiger partial charge < -0.3 is 11.1 Å². The van der Waals surface area contributed by atoms with Gasteiger partial charge in [-0.25, -0.2) is 0 Å².